The first-order chi connectivity index (χ1) is 22.3. The van der Waals surface area contributed by atoms with Crippen LogP contribution in [-0.4, -0.2) is 51.2 Å². The van der Waals surface area contributed by atoms with Crippen molar-refractivity contribution in [2.24, 2.45) is 0 Å². The molecule has 3 aromatic rings. The monoisotopic (exact) mass is 645 g/mol. The number of benzene rings is 3. The Hall–Kier alpha value is -4.53. The summed E-state index contributed by atoms with van der Waals surface area (Å²) in [6, 6.07) is 16.6. The van der Waals surface area contributed by atoms with Gasteiger partial charge in [0, 0.05) is 18.7 Å². The number of amides is 3. The zero-order valence-electron chi connectivity index (χ0n) is 28.6. The number of alkyl carbamates (subject to hydrolysis) is 1. The number of hydrogen-bond acceptors (Lipinski definition) is 6. The first-order valence-corrected chi connectivity index (χ1v) is 16.5. The zero-order chi connectivity index (χ0) is 34.6. The Labute approximate surface area is 279 Å². The van der Waals surface area contributed by atoms with E-state index in [-0.39, 0.29) is 24.5 Å². The van der Waals surface area contributed by atoms with Crippen molar-refractivity contribution in [2.75, 3.05) is 11.9 Å². The minimum Gasteiger partial charge on any atom is -0.508 e. The number of rotatable bonds is 15. The minimum atomic E-state index is -1.08. The molecule has 3 aromatic carbocycles. The van der Waals surface area contributed by atoms with E-state index in [0.29, 0.717) is 28.8 Å². The van der Waals surface area contributed by atoms with Crippen molar-refractivity contribution < 1.29 is 29.3 Å². The van der Waals surface area contributed by atoms with E-state index in [4.69, 9.17) is 4.74 Å². The third kappa shape index (κ3) is 11.6. The molecule has 9 nitrogen and oxygen atoms in total. The maximum Gasteiger partial charge on any atom is 0.408 e. The molecule has 9 heteroatoms. The summed E-state index contributed by atoms with van der Waals surface area (Å²) >= 11 is 0. The molecule has 2 unspecified atom stereocenters. The lowest BCUT2D eigenvalue weighted by Gasteiger charge is -2.35. The topological polar surface area (TPSA) is 128 Å². The molecule has 0 radical (unpaired) electrons. The van der Waals surface area contributed by atoms with Crippen LogP contribution in [0.1, 0.15) is 94.5 Å². The van der Waals surface area contributed by atoms with Crippen LogP contribution in [0.25, 0.3) is 0 Å². The number of ether oxygens (including phenoxy) is 1. The van der Waals surface area contributed by atoms with Crippen molar-refractivity contribution in [2.45, 2.75) is 104 Å². The third-order valence-electron chi connectivity index (χ3n) is 7.90. The Morgan fingerprint density at radius 1 is 0.851 bits per heavy atom. The Morgan fingerprint density at radius 2 is 1.51 bits per heavy atom. The standard InChI is InChI=1S/C38H51N3O6/c1-7-8-9-10-11-14-23-41(36(45)32(40-37(46)47-38(4,5)6)25-28-17-20-30(42)21-18-28)34(29-19-22-33(43)27(3)24-29)35(44)39-31-16-13-12-15-26(31)2/h12-13,15-22,24,32,34,42-43H,7-11,14,23,25H2,1-6H3,(H,39,44)(H,40,46). The highest BCUT2D eigenvalue weighted by atomic mass is 16.6. The SMILES string of the molecule is CCCCCCCCN(C(=O)C(Cc1ccc(O)cc1)NC(=O)OC(C)(C)C)C(C(=O)Nc1ccccc1C)c1ccc(O)c(C)c1. The van der Waals surface area contributed by atoms with Crippen LogP contribution < -0.4 is 10.6 Å². The van der Waals surface area contributed by atoms with Crippen molar-refractivity contribution >= 4 is 23.6 Å². The number of nitrogens with one attached hydrogen (secondary N) is 2. The summed E-state index contributed by atoms with van der Waals surface area (Å²) in [6.07, 6.45) is 5.20. The van der Waals surface area contributed by atoms with E-state index in [0.717, 1.165) is 37.7 Å². The largest absolute Gasteiger partial charge is 0.508 e. The number of carbonyl (C=O) groups excluding carboxylic acids is 3. The molecule has 0 aliphatic heterocycles. The number of para-hydroxylation sites is 1. The van der Waals surface area contributed by atoms with Gasteiger partial charge in [0.2, 0.25) is 5.91 Å². The fraction of sp³-hybridized carbons (Fsp3) is 0.447. The van der Waals surface area contributed by atoms with Gasteiger partial charge in [0.25, 0.3) is 5.91 Å². The van der Waals surface area contributed by atoms with E-state index in [1.807, 2.05) is 31.2 Å². The molecule has 0 saturated carbocycles. The van der Waals surface area contributed by atoms with Crippen molar-refractivity contribution in [3.05, 3.63) is 89.0 Å². The van der Waals surface area contributed by atoms with Crippen LogP contribution in [0.3, 0.4) is 0 Å². The van der Waals surface area contributed by atoms with Gasteiger partial charge in [-0.2, -0.15) is 0 Å². The molecule has 0 aliphatic rings. The lowest BCUT2D eigenvalue weighted by atomic mass is 9.98. The number of nitrogens with zero attached hydrogens (tertiary/aromatic N) is 1. The summed E-state index contributed by atoms with van der Waals surface area (Å²) in [6.45, 7) is 11.3. The quantitative estimate of drug-likeness (QED) is 0.125. The molecular weight excluding hydrogens is 594 g/mol. The number of unbranched alkanes of at least 4 members (excludes halogenated alkanes) is 5. The number of aryl methyl sites for hydroxylation is 2. The second-order valence-corrected chi connectivity index (χ2v) is 13.1. The van der Waals surface area contributed by atoms with Gasteiger partial charge in [-0.25, -0.2) is 4.79 Å². The van der Waals surface area contributed by atoms with Gasteiger partial charge in [-0.3, -0.25) is 9.59 Å². The average molecular weight is 646 g/mol. The van der Waals surface area contributed by atoms with Gasteiger partial charge in [-0.1, -0.05) is 75.4 Å². The molecule has 3 amide bonds. The van der Waals surface area contributed by atoms with Crippen molar-refractivity contribution in [1.29, 1.82) is 0 Å². The number of carbonyl (C=O) groups is 3. The maximum atomic E-state index is 14.7. The van der Waals surface area contributed by atoms with Crippen molar-refractivity contribution in [3.63, 3.8) is 0 Å². The van der Waals surface area contributed by atoms with Gasteiger partial charge in [-0.15, -0.1) is 0 Å². The van der Waals surface area contributed by atoms with E-state index in [2.05, 4.69) is 17.6 Å². The van der Waals surface area contributed by atoms with Crippen molar-refractivity contribution in [3.8, 4) is 11.5 Å². The summed E-state index contributed by atoms with van der Waals surface area (Å²) in [5, 5.41) is 26.0. The summed E-state index contributed by atoms with van der Waals surface area (Å²) in [7, 11) is 0. The predicted molar refractivity (Wildman–Crippen MR) is 185 cm³/mol. The molecule has 2 atom stereocenters. The number of phenolic OH excluding ortho intramolecular Hbond substituents is 2. The van der Waals surface area contributed by atoms with Crippen LogP contribution in [-0.2, 0) is 20.7 Å². The average Bonchev–Trinajstić information content (AvgIpc) is 3.00. The van der Waals surface area contributed by atoms with E-state index in [1.54, 1.807) is 56.9 Å². The Kier molecular flexibility index (Phi) is 13.7. The molecular formula is C38H51N3O6. The molecule has 0 bridgehead atoms. The summed E-state index contributed by atoms with van der Waals surface area (Å²) in [4.78, 5) is 43.7. The van der Waals surface area contributed by atoms with Gasteiger partial charge in [-0.05, 0) is 93.6 Å². The van der Waals surface area contributed by atoms with Gasteiger partial charge in [0.05, 0.1) is 0 Å². The number of hydrogen-bond donors (Lipinski definition) is 4. The molecule has 4 N–H and O–H groups in total. The highest BCUT2D eigenvalue weighted by molar-refractivity contribution is 5.99. The van der Waals surface area contributed by atoms with E-state index < -0.39 is 35.6 Å². The number of aromatic hydroxyl groups is 2. The smallest absolute Gasteiger partial charge is 0.408 e. The Bertz CT molecular complexity index is 1480. The molecule has 0 aliphatic carbocycles. The van der Waals surface area contributed by atoms with Crippen LogP contribution in [0.15, 0.2) is 66.7 Å². The van der Waals surface area contributed by atoms with E-state index >= 15 is 0 Å². The summed E-state index contributed by atoms with van der Waals surface area (Å²) < 4.78 is 5.54. The van der Waals surface area contributed by atoms with Gasteiger partial charge >= 0.3 is 6.09 Å². The highest BCUT2D eigenvalue weighted by Gasteiger charge is 2.36. The predicted octanol–water partition coefficient (Wildman–Crippen LogP) is 7.72. The van der Waals surface area contributed by atoms with Crippen LogP contribution in [0.4, 0.5) is 10.5 Å². The molecule has 0 spiro atoms. The molecule has 0 saturated heterocycles. The highest BCUT2D eigenvalue weighted by Crippen LogP contribution is 2.30. The summed E-state index contributed by atoms with van der Waals surface area (Å²) in [5.74, 6) is -0.702. The molecule has 254 valence electrons. The third-order valence-corrected chi connectivity index (χ3v) is 7.90. The molecule has 0 heterocycles. The van der Waals surface area contributed by atoms with Gasteiger partial charge in [0.15, 0.2) is 0 Å². The van der Waals surface area contributed by atoms with Crippen LogP contribution >= 0.6 is 0 Å². The fourth-order valence-corrected chi connectivity index (χ4v) is 5.38. The van der Waals surface area contributed by atoms with Crippen LogP contribution in [0.5, 0.6) is 11.5 Å². The Balaban J connectivity index is 2.09. The van der Waals surface area contributed by atoms with E-state index in [9.17, 15) is 24.6 Å². The Morgan fingerprint density at radius 3 is 2.15 bits per heavy atom. The molecule has 0 fully saturated rings. The van der Waals surface area contributed by atoms with Gasteiger partial charge in [0.1, 0.15) is 29.2 Å². The maximum absolute atomic E-state index is 14.7. The molecule has 47 heavy (non-hydrogen) atoms. The fourth-order valence-electron chi connectivity index (χ4n) is 5.38. The van der Waals surface area contributed by atoms with Gasteiger partial charge < -0.3 is 30.5 Å². The van der Waals surface area contributed by atoms with Crippen LogP contribution in [0.2, 0.25) is 0 Å². The lowest BCUT2D eigenvalue weighted by Crippen LogP contribution is -2.53. The normalized spacial score (nSPS) is 12.6. The number of phenols is 2. The van der Waals surface area contributed by atoms with Crippen LogP contribution in [0, 0.1) is 13.8 Å². The number of anilines is 1. The summed E-state index contributed by atoms with van der Waals surface area (Å²) in [5.41, 5.74) is 2.50. The first-order valence-electron chi connectivity index (χ1n) is 16.5. The lowest BCUT2D eigenvalue weighted by molar-refractivity contribution is -0.140. The zero-order valence-corrected chi connectivity index (χ0v) is 28.6. The molecule has 0 aromatic heterocycles. The second-order valence-electron chi connectivity index (χ2n) is 13.1. The first kappa shape index (κ1) is 36.9. The molecule has 3 rings (SSSR count). The second kappa shape index (κ2) is 17.4. The minimum absolute atomic E-state index is 0.0806. The van der Waals surface area contributed by atoms with E-state index in [1.165, 1.54) is 18.2 Å². The van der Waals surface area contributed by atoms with Crippen molar-refractivity contribution in [1.82, 2.24) is 10.2 Å².